The summed E-state index contributed by atoms with van der Waals surface area (Å²) >= 11 is 7.00. The highest BCUT2D eigenvalue weighted by molar-refractivity contribution is 8.16. The maximum Gasteiger partial charge on any atom is 0.408 e. The minimum absolute atomic E-state index is 0.0777. The van der Waals surface area contributed by atoms with Crippen molar-refractivity contribution >= 4 is 56.1 Å². The maximum atomic E-state index is 14.3. The Morgan fingerprint density at radius 2 is 1.92 bits per heavy atom. The van der Waals surface area contributed by atoms with Crippen molar-refractivity contribution in [2.24, 2.45) is 4.99 Å². The van der Waals surface area contributed by atoms with Crippen LogP contribution in [0, 0.1) is 5.82 Å². The highest BCUT2D eigenvalue weighted by Gasteiger charge is 2.49. The van der Waals surface area contributed by atoms with Gasteiger partial charge in [-0.1, -0.05) is 53.7 Å². The van der Waals surface area contributed by atoms with Gasteiger partial charge in [0.05, 0.1) is 22.6 Å². The van der Waals surface area contributed by atoms with Crippen LogP contribution in [0.15, 0.2) is 53.5 Å². The minimum atomic E-state index is -3.30. The van der Waals surface area contributed by atoms with E-state index in [4.69, 9.17) is 16.3 Å². The van der Waals surface area contributed by atoms with Crippen molar-refractivity contribution in [3.8, 4) is 0 Å². The molecule has 2 heterocycles. The van der Waals surface area contributed by atoms with Crippen LogP contribution in [-0.4, -0.2) is 60.0 Å². The van der Waals surface area contributed by atoms with Gasteiger partial charge in [-0.05, 0) is 44.5 Å². The number of fused-ring (bicyclic) bond motifs is 1. The average molecular weight is 568 g/mol. The van der Waals surface area contributed by atoms with E-state index < -0.39 is 45.3 Å². The predicted octanol–water partition coefficient (Wildman–Crippen LogP) is 4.22. The molecule has 2 fully saturated rings. The molecule has 2 aliphatic heterocycles. The number of amidine groups is 1. The van der Waals surface area contributed by atoms with Gasteiger partial charge >= 0.3 is 6.09 Å². The zero-order valence-electron chi connectivity index (χ0n) is 20.5. The zero-order chi connectivity index (χ0) is 27.0. The van der Waals surface area contributed by atoms with Crippen molar-refractivity contribution in [2.45, 2.75) is 50.1 Å². The minimum Gasteiger partial charge on any atom is -0.444 e. The van der Waals surface area contributed by atoms with Crippen LogP contribution in [0.2, 0.25) is 5.02 Å². The molecule has 2 saturated heterocycles. The number of hydrogen-bond acceptors (Lipinski definition) is 6. The fourth-order valence-electron chi connectivity index (χ4n) is 4.17. The van der Waals surface area contributed by atoms with Crippen molar-refractivity contribution < 1.29 is 27.1 Å². The lowest BCUT2D eigenvalue weighted by atomic mass is 10.1. The number of aliphatic imine (C=N–C) groups is 1. The molecule has 1 N–H and O–H groups in total. The number of thioether (sulfide) groups is 1. The Balaban J connectivity index is 1.66. The number of hydrogen-bond donors (Lipinski definition) is 1. The van der Waals surface area contributed by atoms with Crippen LogP contribution in [0.4, 0.5) is 14.9 Å². The van der Waals surface area contributed by atoms with E-state index in [1.807, 2.05) is 30.3 Å². The number of ether oxygens (including phenoxy) is 1. The number of benzene rings is 2. The summed E-state index contributed by atoms with van der Waals surface area (Å²) in [7, 11) is -3.30. The molecule has 198 valence electrons. The Kier molecular flexibility index (Phi) is 7.87. The first-order valence-electron chi connectivity index (χ1n) is 11.6. The molecule has 3 atom stereocenters. The highest BCUT2D eigenvalue weighted by atomic mass is 35.5. The third kappa shape index (κ3) is 6.82. The first-order valence-corrected chi connectivity index (χ1v) is 14.7. The lowest BCUT2D eigenvalue weighted by Crippen LogP contribution is -2.45. The van der Waals surface area contributed by atoms with Crippen molar-refractivity contribution in [1.29, 1.82) is 0 Å². The first kappa shape index (κ1) is 27.4. The number of halogens is 2. The Morgan fingerprint density at radius 3 is 2.57 bits per heavy atom. The second kappa shape index (κ2) is 10.6. The van der Waals surface area contributed by atoms with Crippen molar-refractivity contribution in [3.63, 3.8) is 0 Å². The Labute approximate surface area is 224 Å². The lowest BCUT2D eigenvalue weighted by Gasteiger charge is -2.25. The molecule has 0 saturated carbocycles. The monoisotopic (exact) mass is 567 g/mol. The first-order chi connectivity index (χ1) is 17.3. The van der Waals surface area contributed by atoms with E-state index in [1.54, 1.807) is 31.7 Å². The second-order valence-corrected chi connectivity index (χ2v) is 13.7. The molecule has 0 unspecified atom stereocenters. The van der Waals surface area contributed by atoms with Gasteiger partial charge in [-0.15, -0.1) is 0 Å². The van der Waals surface area contributed by atoms with E-state index in [1.165, 1.54) is 12.1 Å². The number of sulfone groups is 1. The van der Waals surface area contributed by atoms with Gasteiger partial charge in [0.25, 0.3) is 5.91 Å². The van der Waals surface area contributed by atoms with E-state index in [0.29, 0.717) is 5.69 Å². The molecule has 2 aromatic carbocycles. The molecular weight excluding hydrogens is 541 g/mol. The summed E-state index contributed by atoms with van der Waals surface area (Å²) in [4.78, 5) is 31.8. The van der Waals surface area contributed by atoms with E-state index in [0.717, 1.165) is 17.3 Å². The topological polar surface area (TPSA) is 105 Å². The number of rotatable bonds is 5. The summed E-state index contributed by atoms with van der Waals surface area (Å²) < 4.78 is 44.3. The molecule has 2 aliphatic rings. The molecule has 4 rings (SSSR count). The molecule has 2 amide bonds. The van der Waals surface area contributed by atoms with Gasteiger partial charge in [-0.25, -0.2) is 17.6 Å². The number of anilines is 1. The largest absolute Gasteiger partial charge is 0.444 e. The molecule has 0 bridgehead atoms. The van der Waals surface area contributed by atoms with E-state index in [-0.39, 0.29) is 33.4 Å². The van der Waals surface area contributed by atoms with Gasteiger partial charge in [-0.2, -0.15) is 4.99 Å². The molecular formula is C25H27ClFN3O5S2. The second-order valence-electron chi connectivity index (χ2n) is 9.89. The quantitative estimate of drug-likeness (QED) is 0.577. The van der Waals surface area contributed by atoms with E-state index in [2.05, 4.69) is 10.3 Å². The van der Waals surface area contributed by atoms with Crippen molar-refractivity contribution in [3.05, 3.63) is 64.9 Å². The van der Waals surface area contributed by atoms with Gasteiger partial charge < -0.3 is 15.0 Å². The summed E-state index contributed by atoms with van der Waals surface area (Å²) in [5, 5.41) is 2.40. The number of carbonyl (C=O) groups is 2. The number of nitrogens with zero attached hydrogens (tertiary/aromatic N) is 2. The van der Waals surface area contributed by atoms with Gasteiger partial charge in [0.2, 0.25) is 0 Å². The fourth-order valence-corrected chi connectivity index (χ4v) is 8.21. The smallest absolute Gasteiger partial charge is 0.408 e. The molecule has 0 radical (unpaired) electrons. The Hall–Kier alpha value is -2.63. The molecule has 0 spiro atoms. The lowest BCUT2D eigenvalue weighted by molar-refractivity contribution is -0.119. The molecule has 12 heteroatoms. The average Bonchev–Trinajstić information content (AvgIpc) is 3.25. The summed E-state index contributed by atoms with van der Waals surface area (Å²) in [5.41, 5.74) is 0.372. The molecule has 0 aliphatic carbocycles. The molecule has 2 aromatic rings. The van der Waals surface area contributed by atoms with Crippen LogP contribution in [-0.2, 0) is 25.8 Å². The van der Waals surface area contributed by atoms with Crippen LogP contribution in [0.5, 0.6) is 0 Å². The molecule has 0 aromatic heterocycles. The Morgan fingerprint density at radius 1 is 1.22 bits per heavy atom. The Bertz CT molecular complexity index is 1330. The fraction of sp³-hybridized carbons (Fsp3) is 0.400. The maximum absolute atomic E-state index is 14.3. The van der Waals surface area contributed by atoms with Crippen LogP contribution >= 0.6 is 23.4 Å². The SMILES string of the molecule is CC(C)(C)OC(=O)N[C@@H](Cc1ccccc1)C(=O)N=C1S[C@H]2CS(=O)(=O)C[C@H]2N1c1ccc(Cl)c(F)c1. The number of alkyl carbamates (subject to hydrolysis) is 1. The summed E-state index contributed by atoms with van der Waals surface area (Å²) in [6.45, 7) is 5.14. The molecule has 37 heavy (non-hydrogen) atoms. The van der Waals surface area contributed by atoms with Gasteiger partial charge in [-0.3, -0.25) is 4.79 Å². The summed E-state index contributed by atoms with van der Waals surface area (Å²) in [5.74, 6) is -1.54. The summed E-state index contributed by atoms with van der Waals surface area (Å²) in [6.07, 6.45) is -0.599. The predicted molar refractivity (Wildman–Crippen MR) is 143 cm³/mol. The van der Waals surface area contributed by atoms with Crippen LogP contribution < -0.4 is 10.2 Å². The van der Waals surface area contributed by atoms with Crippen LogP contribution in [0.1, 0.15) is 26.3 Å². The number of nitrogens with one attached hydrogen (secondary N) is 1. The van der Waals surface area contributed by atoms with Gasteiger partial charge in [0, 0.05) is 17.4 Å². The number of carbonyl (C=O) groups excluding carboxylic acids is 2. The third-order valence-corrected chi connectivity index (χ3v) is 9.24. The van der Waals surface area contributed by atoms with Crippen LogP contribution in [0.25, 0.3) is 0 Å². The number of amides is 2. The molecule has 8 nitrogen and oxygen atoms in total. The van der Waals surface area contributed by atoms with E-state index in [9.17, 15) is 22.4 Å². The normalized spacial score (nSPS) is 22.5. The van der Waals surface area contributed by atoms with Gasteiger partial charge in [0.1, 0.15) is 17.5 Å². The van der Waals surface area contributed by atoms with Crippen LogP contribution in [0.3, 0.4) is 0 Å². The highest BCUT2D eigenvalue weighted by Crippen LogP contribution is 2.41. The van der Waals surface area contributed by atoms with Crippen molar-refractivity contribution in [1.82, 2.24) is 5.32 Å². The summed E-state index contributed by atoms with van der Waals surface area (Å²) in [6, 6.07) is 11.7. The zero-order valence-corrected chi connectivity index (χ0v) is 22.9. The standard InChI is InChI=1S/C25H27ClFN3O5S2/c1-25(2,3)35-24(32)28-19(11-15-7-5-4-6-8-15)22(31)29-23-30(16-9-10-17(26)18(27)12-16)20-13-37(33,34)14-21(20)36-23/h4-10,12,19-21H,11,13-14H2,1-3H3,(H,28,32)/t19-,20+,21-/m0/s1. The van der Waals surface area contributed by atoms with Crippen molar-refractivity contribution in [2.75, 3.05) is 16.4 Å². The third-order valence-electron chi connectivity index (χ3n) is 5.73. The van der Waals surface area contributed by atoms with Gasteiger partial charge in [0.15, 0.2) is 15.0 Å². The van der Waals surface area contributed by atoms with E-state index >= 15 is 0 Å².